The van der Waals surface area contributed by atoms with E-state index in [9.17, 15) is 4.79 Å². The first kappa shape index (κ1) is 7.49. The smallest absolute Gasteiger partial charge is 0.252 e. The number of carbonyl (C=O) groups is 1. The molecule has 0 N–H and O–H groups in total. The third-order valence-corrected chi connectivity index (χ3v) is 1.13. The quantitative estimate of drug-likeness (QED) is 0.297. The van der Waals surface area contributed by atoms with Gasteiger partial charge in [0.2, 0.25) is 6.41 Å². The molecule has 0 fully saturated rings. The molecule has 0 bridgehead atoms. The summed E-state index contributed by atoms with van der Waals surface area (Å²) in [5.74, 6) is 0. The van der Waals surface area contributed by atoms with Gasteiger partial charge in [-0.25, -0.2) is 0 Å². The number of amides is 1. The second-order valence-corrected chi connectivity index (χ2v) is 1.67. The van der Waals surface area contributed by atoms with Gasteiger partial charge in [0.25, 0.3) is 5.23 Å². The van der Waals surface area contributed by atoms with Crippen LogP contribution in [0.15, 0.2) is 4.99 Å². The van der Waals surface area contributed by atoms with Crippen molar-refractivity contribution in [2.24, 2.45) is 4.99 Å². The van der Waals surface area contributed by atoms with E-state index in [2.05, 4.69) is 9.73 Å². The van der Waals surface area contributed by atoms with Crippen molar-refractivity contribution in [1.82, 2.24) is 0 Å². The Morgan fingerprint density at radius 1 is 1.88 bits per heavy atom. The molecule has 0 atom stereocenters. The first-order chi connectivity index (χ1) is 3.85. The standard InChI is InChI=1S/C4H7NO2S/c1-7-4(8-2)5-3-6/h3H,1-2H3/b5-4-. The van der Waals surface area contributed by atoms with Gasteiger partial charge in [-0.2, -0.15) is 4.99 Å². The monoisotopic (exact) mass is 133 g/mol. The van der Waals surface area contributed by atoms with Crippen LogP contribution >= 0.6 is 11.8 Å². The van der Waals surface area contributed by atoms with Gasteiger partial charge in [0, 0.05) is 0 Å². The van der Waals surface area contributed by atoms with Crippen LogP contribution in [-0.4, -0.2) is 25.0 Å². The first-order valence-electron chi connectivity index (χ1n) is 1.94. The number of hydrogen-bond acceptors (Lipinski definition) is 3. The number of thioether (sulfide) groups is 1. The lowest BCUT2D eigenvalue weighted by Gasteiger charge is -1.93. The molecule has 1 amide bonds. The maximum absolute atomic E-state index is 9.65. The van der Waals surface area contributed by atoms with E-state index in [1.165, 1.54) is 18.9 Å². The summed E-state index contributed by atoms with van der Waals surface area (Å²) in [6, 6.07) is 0. The third kappa shape index (κ3) is 2.63. The Balaban J connectivity index is 3.66. The fourth-order valence-electron chi connectivity index (χ4n) is 0.232. The molecule has 0 spiro atoms. The minimum Gasteiger partial charge on any atom is -0.476 e. The SMILES string of the molecule is CO/C(=N/C=O)SC. The number of carbonyl (C=O) groups excluding carboxylic acids is 1. The highest BCUT2D eigenvalue weighted by molar-refractivity contribution is 8.12. The van der Waals surface area contributed by atoms with Crippen LogP contribution in [0.4, 0.5) is 0 Å². The molecule has 46 valence electrons. The Morgan fingerprint density at radius 3 is 2.62 bits per heavy atom. The molecule has 4 heteroatoms. The highest BCUT2D eigenvalue weighted by Gasteiger charge is 1.88. The summed E-state index contributed by atoms with van der Waals surface area (Å²) < 4.78 is 4.62. The number of hydrogen-bond donors (Lipinski definition) is 0. The van der Waals surface area contributed by atoms with Gasteiger partial charge in [-0.05, 0) is 6.26 Å². The van der Waals surface area contributed by atoms with Crippen LogP contribution < -0.4 is 0 Å². The average Bonchev–Trinajstić information content (AvgIpc) is 1.83. The van der Waals surface area contributed by atoms with Gasteiger partial charge >= 0.3 is 0 Å². The first-order valence-corrected chi connectivity index (χ1v) is 3.17. The Bertz CT molecular complexity index is 96.2. The van der Waals surface area contributed by atoms with Gasteiger partial charge in [-0.15, -0.1) is 0 Å². The van der Waals surface area contributed by atoms with Crippen molar-refractivity contribution in [1.29, 1.82) is 0 Å². The molecule has 0 aliphatic heterocycles. The van der Waals surface area contributed by atoms with Gasteiger partial charge in [-0.1, -0.05) is 11.8 Å². The molecule has 0 radical (unpaired) electrons. The number of rotatable bonds is 1. The summed E-state index contributed by atoms with van der Waals surface area (Å²) in [6.07, 6.45) is 2.24. The van der Waals surface area contributed by atoms with Crippen LogP contribution in [0.25, 0.3) is 0 Å². The summed E-state index contributed by atoms with van der Waals surface area (Å²) in [4.78, 5) is 13.0. The predicted octanol–water partition coefficient (Wildman–Crippen LogP) is 0.508. The van der Waals surface area contributed by atoms with E-state index >= 15 is 0 Å². The van der Waals surface area contributed by atoms with Crippen molar-refractivity contribution in [2.75, 3.05) is 13.4 Å². The molecule has 0 aliphatic carbocycles. The molecule has 3 nitrogen and oxygen atoms in total. The number of aliphatic imine (C=N–C) groups is 1. The lowest BCUT2D eigenvalue weighted by atomic mass is 11.3. The molecule has 0 aromatic rings. The molecule has 0 heterocycles. The molecular weight excluding hydrogens is 126 g/mol. The summed E-state index contributed by atoms with van der Waals surface area (Å²) in [6.45, 7) is 0. The Hall–Kier alpha value is -0.510. The zero-order valence-corrected chi connectivity index (χ0v) is 5.57. The van der Waals surface area contributed by atoms with Crippen molar-refractivity contribution in [2.45, 2.75) is 0 Å². The molecular formula is C4H7NO2S. The molecule has 0 unspecified atom stereocenters. The van der Waals surface area contributed by atoms with Crippen molar-refractivity contribution < 1.29 is 9.53 Å². The van der Waals surface area contributed by atoms with E-state index < -0.39 is 0 Å². The van der Waals surface area contributed by atoms with Crippen molar-refractivity contribution in [3.63, 3.8) is 0 Å². The van der Waals surface area contributed by atoms with Gasteiger partial charge in [0.05, 0.1) is 7.11 Å². The van der Waals surface area contributed by atoms with Gasteiger partial charge in [0.15, 0.2) is 0 Å². The minimum atomic E-state index is 0.389. The summed E-state index contributed by atoms with van der Waals surface area (Å²) in [5, 5.41) is 0.389. The average molecular weight is 133 g/mol. The molecule has 0 aliphatic rings. The second kappa shape index (κ2) is 4.64. The third-order valence-electron chi connectivity index (χ3n) is 0.507. The highest BCUT2D eigenvalue weighted by Crippen LogP contribution is 1.95. The molecule has 0 aromatic heterocycles. The zero-order chi connectivity index (χ0) is 6.41. The summed E-state index contributed by atoms with van der Waals surface area (Å²) in [5.41, 5.74) is 0. The van der Waals surface area contributed by atoms with Gasteiger partial charge in [-0.3, -0.25) is 4.79 Å². The van der Waals surface area contributed by atoms with E-state index in [4.69, 9.17) is 0 Å². The Kier molecular flexibility index (Phi) is 4.35. The van der Waals surface area contributed by atoms with Crippen LogP contribution in [0.3, 0.4) is 0 Å². The Morgan fingerprint density at radius 2 is 2.50 bits per heavy atom. The molecule has 0 rings (SSSR count). The van der Waals surface area contributed by atoms with E-state index in [1.54, 1.807) is 6.26 Å². The van der Waals surface area contributed by atoms with Crippen LogP contribution in [-0.2, 0) is 9.53 Å². The number of methoxy groups -OCH3 is 1. The maximum atomic E-state index is 9.65. The van der Waals surface area contributed by atoms with Crippen LogP contribution in [0.2, 0.25) is 0 Å². The predicted molar refractivity (Wildman–Crippen MR) is 34.0 cm³/mol. The van der Waals surface area contributed by atoms with E-state index in [-0.39, 0.29) is 0 Å². The highest BCUT2D eigenvalue weighted by atomic mass is 32.2. The fourth-order valence-corrected chi connectivity index (χ4v) is 0.547. The largest absolute Gasteiger partial charge is 0.476 e. The zero-order valence-electron chi connectivity index (χ0n) is 4.75. The van der Waals surface area contributed by atoms with Crippen molar-refractivity contribution in [3.8, 4) is 0 Å². The lowest BCUT2D eigenvalue weighted by molar-refractivity contribution is -0.106. The summed E-state index contributed by atoms with van der Waals surface area (Å²) in [7, 11) is 1.47. The Labute approximate surface area is 52.1 Å². The fraction of sp³-hybridized carbons (Fsp3) is 0.500. The van der Waals surface area contributed by atoms with E-state index in [0.717, 1.165) is 0 Å². The molecule has 0 aromatic carbocycles. The maximum Gasteiger partial charge on any atom is 0.252 e. The van der Waals surface area contributed by atoms with Crippen LogP contribution in [0, 0.1) is 0 Å². The summed E-state index contributed by atoms with van der Waals surface area (Å²) >= 11 is 1.29. The number of nitrogens with zero attached hydrogens (tertiary/aromatic N) is 1. The molecule has 0 saturated carbocycles. The van der Waals surface area contributed by atoms with Crippen molar-refractivity contribution >= 4 is 23.4 Å². The van der Waals surface area contributed by atoms with Gasteiger partial charge < -0.3 is 4.74 Å². The van der Waals surface area contributed by atoms with Crippen LogP contribution in [0.1, 0.15) is 0 Å². The van der Waals surface area contributed by atoms with E-state index in [1.807, 2.05) is 0 Å². The van der Waals surface area contributed by atoms with Crippen molar-refractivity contribution in [3.05, 3.63) is 0 Å². The van der Waals surface area contributed by atoms with Crippen LogP contribution in [0.5, 0.6) is 0 Å². The number of ether oxygens (including phenoxy) is 1. The van der Waals surface area contributed by atoms with Gasteiger partial charge in [0.1, 0.15) is 0 Å². The minimum absolute atomic E-state index is 0.389. The molecule has 0 saturated heterocycles. The molecule has 8 heavy (non-hydrogen) atoms. The topological polar surface area (TPSA) is 38.7 Å². The lowest BCUT2D eigenvalue weighted by Crippen LogP contribution is -1.92. The van der Waals surface area contributed by atoms with E-state index in [0.29, 0.717) is 11.6 Å². The second-order valence-electron chi connectivity index (χ2n) is 0.909. The normalized spacial score (nSPS) is 11.0.